The van der Waals surface area contributed by atoms with E-state index in [1.807, 2.05) is 0 Å². The second-order valence-electron chi connectivity index (χ2n) is 7.75. The van der Waals surface area contributed by atoms with Gasteiger partial charge in [-0.2, -0.15) is 0 Å². The van der Waals surface area contributed by atoms with Gasteiger partial charge in [0.25, 0.3) is 0 Å². The number of ketones is 1. The average Bonchev–Trinajstić information content (AvgIpc) is 3.20. The van der Waals surface area contributed by atoms with Gasteiger partial charge in [-0.25, -0.2) is 4.79 Å². The Balaban J connectivity index is 1.46. The van der Waals surface area contributed by atoms with Crippen molar-refractivity contribution in [3.63, 3.8) is 0 Å². The van der Waals surface area contributed by atoms with Crippen LogP contribution in [0.3, 0.4) is 0 Å². The number of esters is 1. The Morgan fingerprint density at radius 1 is 1.36 bits per heavy atom. The van der Waals surface area contributed by atoms with Crippen molar-refractivity contribution >= 4 is 17.8 Å². The van der Waals surface area contributed by atoms with Gasteiger partial charge in [0.15, 0.2) is 5.78 Å². The van der Waals surface area contributed by atoms with E-state index in [2.05, 4.69) is 17.5 Å². The molecule has 1 amide bonds. The van der Waals surface area contributed by atoms with Crippen LogP contribution < -0.4 is 5.32 Å². The predicted octanol–water partition coefficient (Wildman–Crippen LogP) is 2.29. The third-order valence-electron chi connectivity index (χ3n) is 6.20. The van der Waals surface area contributed by atoms with Crippen molar-refractivity contribution in [3.8, 4) is 0 Å². The summed E-state index contributed by atoms with van der Waals surface area (Å²) in [7, 11) is 1.37. The highest BCUT2D eigenvalue weighted by molar-refractivity contribution is 6.03. The molecule has 0 aromatic heterocycles. The van der Waals surface area contributed by atoms with Crippen molar-refractivity contribution in [2.45, 2.75) is 44.1 Å². The second-order valence-corrected chi connectivity index (χ2v) is 7.75. The number of rotatable bonds is 2. The number of hydrogen-bond donors (Lipinski definition) is 1. The van der Waals surface area contributed by atoms with Crippen LogP contribution in [0.5, 0.6) is 0 Å². The number of methoxy groups -OCH3 is 1. The number of ether oxygens (including phenoxy) is 2. The minimum Gasteiger partial charge on any atom is -0.469 e. The molecule has 1 N–H and O–H groups in total. The second kappa shape index (κ2) is 6.00. The van der Waals surface area contributed by atoms with Crippen LogP contribution in [0.1, 0.15) is 38.5 Å². The van der Waals surface area contributed by atoms with Gasteiger partial charge in [0.1, 0.15) is 6.61 Å². The van der Waals surface area contributed by atoms with Gasteiger partial charge in [-0.1, -0.05) is 12.2 Å². The summed E-state index contributed by atoms with van der Waals surface area (Å²) in [4.78, 5) is 35.7. The lowest BCUT2D eigenvalue weighted by Crippen LogP contribution is -2.41. The van der Waals surface area contributed by atoms with Crippen molar-refractivity contribution in [3.05, 3.63) is 23.3 Å². The van der Waals surface area contributed by atoms with Gasteiger partial charge >= 0.3 is 12.1 Å². The number of nitrogens with one attached hydrogen (secondary N) is 1. The van der Waals surface area contributed by atoms with Crippen molar-refractivity contribution in [2.75, 3.05) is 13.7 Å². The zero-order valence-electron chi connectivity index (χ0n) is 14.4. The van der Waals surface area contributed by atoms with Gasteiger partial charge in [0, 0.05) is 12.0 Å². The molecule has 0 bridgehead atoms. The van der Waals surface area contributed by atoms with E-state index in [0.29, 0.717) is 24.9 Å². The topological polar surface area (TPSA) is 81.7 Å². The summed E-state index contributed by atoms with van der Waals surface area (Å²) in [6.45, 7) is 0.451. The summed E-state index contributed by atoms with van der Waals surface area (Å²) in [5.41, 5.74) is 1.58. The molecule has 134 valence electrons. The zero-order valence-corrected chi connectivity index (χ0v) is 14.4. The highest BCUT2D eigenvalue weighted by atomic mass is 16.6. The molecule has 1 spiro atoms. The largest absolute Gasteiger partial charge is 0.469 e. The van der Waals surface area contributed by atoms with E-state index < -0.39 is 0 Å². The number of alkyl carbamates (subject to hydrolysis) is 1. The summed E-state index contributed by atoms with van der Waals surface area (Å²) < 4.78 is 9.90. The van der Waals surface area contributed by atoms with Crippen LogP contribution in [0.25, 0.3) is 0 Å². The first-order valence-corrected chi connectivity index (χ1v) is 8.97. The first-order valence-electron chi connectivity index (χ1n) is 8.97. The van der Waals surface area contributed by atoms with E-state index in [-0.39, 0.29) is 35.7 Å². The minimum atomic E-state index is -0.349. The molecule has 4 atom stereocenters. The van der Waals surface area contributed by atoms with Crippen LogP contribution in [0.2, 0.25) is 0 Å². The monoisotopic (exact) mass is 345 g/mol. The molecule has 6 nitrogen and oxygen atoms in total. The van der Waals surface area contributed by atoms with Crippen LogP contribution in [-0.4, -0.2) is 37.1 Å². The van der Waals surface area contributed by atoms with Crippen LogP contribution >= 0.6 is 0 Å². The Morgan fingerprint density at radius 3 is 2.92 bits per heavy atom. The average molecular weight is 345 g/mol. The summed E-state index contributed by atoms with van der Waals surface area (Å²) in [5, 5.41) is 2.97. The number of hydrogen-bond acceptors (Lipinski definition) is 5. The van der Waals surface area contributed by atoms with Gasteiger partial charge in [0.05, 0.1) is 18.6 Å². The van der Waals surface area contributed by atoms with Gasteiger partial charge in [-0.05, 0) is 49.5 Å². The van der Waals surface area contributed by atoms with Gasteiger partial charge in [-0.3, -0.25) is 9.59 Å². The highest BCUT2D eigenvalue weighted by Crippen LogP contribution is 2.45. The molecule has 4 rings (SSSR count). The maximum atomic E-state index is 12.5. The Morgan fingerprint density at radius 2 is 2.20 bits per heavy atom. The Labute approximate surface area is 146 Å². The molecule has 1 heterocycles. The molecule has 25 heavy (non-hydrogen) atoms. The Kier molecular flexibility index (Phi) is 3.93. The minimum absolute atomic E-state index is 0.0443. The first-order chi connectivity index (χ1) is 12.0. The molecule has 2 saturated carbocycles. The molecule has 6 heteroatoms. The lowest BCUT2D eigenvalue weighted by molar-refractivity contribution is -0.147. The molecule has 4 aliphatic rings. The quantitative estimate of drug-likeness (QED) is 0.777. The molecule has 2 unspecified atom stereocenters. The van der Waals surface area contributed by atoms with Gasteiger partial charge in [-0.15, -0.1) is 0 Å². The number of Topliss-reactive ketones (excluding diaryl/α,β-unsaturated/α-hetero) is 1. The molecule has 1 saturated heterocycles. The fraction of sp³-hybridized carbons (Fsp3) is 0.632. The SMILES string of the molecule is COC(=O)C1CC(=O)C2=CC([C@H]3CC[C@]4(COC(=O)N4)C3)CC=C2C1. The van der Waals surface area contributed by atoms with Crippen molar-refractivity contribution < 1.29 is 23.9 Å². The molecular weight excluding hydrogens is 322 g/mol. The van der Waals surface area contributed by atoms with Crippen molar-refractivity contribution in [1.29, 1.82) is 0 Å². The summed E-state index contributed by atoms with van der Waals surface area (Å²) in [6, 6.07) is 0. The lowest BCUT2D eigenvalue weighted by atomic mass is 9.73. The number of carbonyl (C=O) groups excluding carboxylic acids is 3. The van der Waals surface area contributed by atoms with Gasteiger partial charge < -0.3 is 14.8 Å². The Hall–Kier alpha value is -2.11. The molecule has 3 aliphatic carbocycles. The molecule has 0 aromatic rings. The van der Waals surface area contributed by atoms with Crippen molar-refractivity contribution in [2.24, 2.45) is 17.8 Å². The van der Waals surface area contributed by atoms with E-state index in [0.717, 1.165) is 36.8 Å². The van der Waals surface area contributed by atoms with Crippen molar-refractivity contribution in [1.82, 2.24) is 5.32 Å². The predicted molar refractivity (Wildman–Crippen MR) is 88.6 cm³/mol. The number of allylic oxidation sites excluding steroid dienone is 4. The number of carbonyl (C=O) groups is 3. The van der Waals surface area contributed by atoms with E-state index in [1.165, 1.54) is 7.11 Å². The number of fused-ring (bicyclic) bond motifs is 1. The summed E-state index contributed by atoms with van der Waals surface area (Å²) in [6.07, 6.45) is 8.49. The zero-order chi connectivity index (χ0) is 17.6. The third kappa shape index (κ3) is 2.87. The lowest BCUT2D eigenvalue weighted by Gasteiger charge is -2.31. The van der Waals surface area contributed by atoms with Gasteiger partial charge in [0.2, 0.25) is 0 Å². The maximum Gasteiger partial charge on any atom is 0.407 e. The maximum absolute atomic E-state index is 12.5. The number of cyclic esters (lactones) is 1. The fourth-order valence-corrected chi connectivity index (χ4v) is 4.85. The van der Waals surface area contributed by atoms with Crippen LogP contribution in [0, 0.1) is 17.8 Å². The number of amides is 1. The molecule has 1 aliphatic heterocycles. The highest BCUT2D eigenvalue weighted by Gasteiger charge is 2.47. The van der Waals surface area contributed by atoms with Crippen LogP contribution in [-0.2, 0) is 19.1 Å². The smallest absolute Gasteiger partial charge is 0.407 e. The van der Waals surface area contributed by atoms with E-state index in [4.69, 9.17) is 9.47 Å². The summed E-state index contributed by atoms with van der Waals surface area (Å²) in [5.74, 6) is 0.152. The fourth-order valence-electron chi connectivity index (χ4n) is 4.85. The van der Waals surface area contributed by atoms with Crippen LogP contribution in [0.4, 0.5) is 4.79 Å². The summed E-state index contributed by atoms with van der Waals surface area (Å²) >= 11 is 0. The molecule has 3 fully saturated rings. The molecule has 0 aromatic carbocycles. The third-order valence-corrected chi connectivity index (χ3v) is 6.20. The first kappa shape index (κ1) is 16.4. The van der Waals surface area contributed by atoms with E-state index in [9.17, 15) is 14.4 Å². The van der Waals surface area contributed by atoms with E-state index >= 15 is 0 Å². The standard InChI is InChI=1S/C19H23NO5/c1-24-17(22)14-6-12-3-2-11(7-15(12)16(21)8-14)13-4-5-19(9-13)10-25-18(23)20-19/h3,7,11,13-14H,2,4-6,8-10H2,1H3,(H,20,23)/t11?,13-,14?,19+/m0/s1. The molecule has 0 radical (unpaired) electrons. The van der Waals surface area contributed by atoms with Crippen LogP contribution in [0.15, 0.2) is 23.3 Å². The normalized spacial score (nSPS) is 37.1. The Bertz CT molecular complexity index is 694. The van der Waals surface area contributed by atoms with E-state index in [1.54, 1.807) is 0 Å². The molecular formula is C19H23NO5.